The standard InChI is InChI=1S/C12H23NO/c1-5-9-13-12(14)8-7-11(4)10(3)6-2/h5-9H2,1-4H3,(H,13,14)/b11-10-. The normalized spacial score (nSPS) is 12.3. The van der Waals surface area contributed by atoms with Crippen molar-refractivity contribution in [2.75, 3.05) is 6.54 Å². The highest BCUT2D eigenvalue weighted by Gasteiger charge is 2.01. The number of hydrogen-bond donors (Lipinski definition) is 1. The van der Waals surface area contributed by atoms with Gasteiger partial charge in [0.1, 0.15) is 0 Å². The summed E-state index contributed by atoms with van der Waals surface area (Å²) in [6.45, 7) is 9.27. The number of allylic oxidation sites excluding steroid dienone is 2. The van der Waals surface area contributed by atoms with Crippen LogP contribution in [0.15, 0.2) is 11.1 Å². The molecule has 0 saturated heterocycles. The quantitative estimate of drug-likeness (QED) is 0.651. The van der Waals surface area contributed by atoms with Gasteiger partial charge in [0.25, 0.3) is 0 Å². The molecule has 0 spiro atoms. The molecule has 0 aromatic heterocycles. The molecular formula is C12H23NO. The Morgan fingerprint density at radius 2 is 1.71 bits per heavy atom. The summed E-state index contributed by atoms with van der Waals surface area (Å²) in [5.41, 5.74) is 2.77. The van der Waals surface area contributed by atoms with Crippen molar-refractivity contribution >= 4 is 5.91 Å². The average molecular weight is 197 g/mol. The van der Waals surface area contributed by atoms with Crippen molar-refractivity contribution in [1.29, 1.82) is 0 Å². The maximum Gasteiger partial charge on any atom is 0.220 e. The van der Waals surface area contributed by atoms with Crippen LogP contribution in [-0.2, 0) is 4.79 Å². The van der Waals surface area contributed by atoms with E-state index in [9.17, 15) is 4.79 Å². The van der Waals surface area contributed by atoms with E-state index in [1.54, 1.807) is 0 Å². The van der Waals surface area contributed by atoms with Crippen LogP contribution in [0.4, 0.5) is 0 Å². The molecule has 14 heavy (non-hydrogen) atoms. The summed E-state index contributed by atoms with van der Waals surface area (Å²) in [4.78, 5) is 11.3. The molecule has 2 nitrogen and oxygen atoms in total. The lowest BCUT2D eigenvalue weighted by atomic mass is 10.0. The fourth-order valence-electron chi connectivity index (χ4n) is 1.17. The van der Waals surface area contributed by atoms with Crippen molar-refractivity contribution < 1.29 is 4.79 Å². The molecule has 0 radical (unpaired) electrons. The van der Waals surface area contributed by atoms with E-state index >= 15 is 0 Å². The van der Waals surface area contributed by atoms with E-state index in [1.807, 2.05) is 0 Å². The zero-order valence-corrected chi connectivity index (χ0v) is 9.94. The molecule has 1 N–H and O–H groups in total. The van der Waals surface area contributed by atoms with Crippen LogP contribution in [0.25, 0.3) is 0 Å². The summed E-state index contributed by atoms with van der Waals surface area (Å²) in [5.74, 6) is 0.176. The van der Waals surface area contributed by atoms with Crippen LogP contribution in [0, 0.1) is 0 Å². The lowest BCUT2D eigenvalue weighted by Crippen LogP contribution is -2.23. The van der Waals surface area contributed by atoms with Crippen molar-refractivity contribution in [1.82, 2.24) is 5.32 Å². The molecule has 0 heterocycles. The first kappa shape index (κ1) is 13.2. The Morgan fingerprint density at radius 1 is 1.07 bits per heavy atom. The van der Waals surface area contributed by atoms with E-state index in [2.05, 4.69) is 33.0 Å². The van der Waals surface area contributed by atoms with E-state index in [-0.39, 0.29) is 5.91 Å². The predicted octanol–water partition coefficient (Wildman–Crippen LogP) is 3.04. The molecule has 0 fully saturated rings. The Labute approximate surface area is 87.8 Å². The molecule has 0 unspecified atom stereocenters. The third-order valence-electron chi connectivity index (χ3n) is 2.56. The van der Waals surface area contributed by atoms with Crippen molar-refractivity contribution in [3.05, 3.63) is 11.1 Å². The van der Waals surface area contributed by atoms with E-state index in [0.717, 1.165) is 25.8 Å². The lowest BCUT2D eigenvalue weighted by Gasteiger charge is -2.06. The van der Waals surface area contributed by atoms with Crippen LogP contribution in [0.3, 0.4) is 0 Å². The number of carbonyl (C=O) groups excluding carboxylic acids is 1. The summed E-state index contributed by atoms with van der Waals surface area (Å²) >= 11 is 0. The summed E-state index contributed by atoms with van der Waals surface area (Å²) in [7, 11) is 0. The molecule has 0 aromatic carbocycles. The van der Waals surface area contributed by atoms with Crippen LogP contribution in [-0.4, -0.2) is 12.5 Å². The monoisotopic (exact) mass is 197 g/mol. The van der Waals surface area contributed by atoms with Gasteiger partial charge in [-0.2, -0.15) is 0 Å². The first-order valence-corrected chi connectivity index (χ1v) is 5.53. The molecule has 0 aliphatic carbocycles. The third-order valence-corrected chi connectivity index (χ3v) is 2.56. The van der Waals surface area contributed by atoms with Gasteiger partial charge in [-0.1, -0.05) is 25.0 Å². The van der Waals surface area contributed by atoms with Gasteiger partial charge in [-0.05, 0) is 33.1 Å². The van der Waals surface area contributed by atoms with Gasteiger partial charge < -0.3 is 5.32 Å². The number of carbonyl (C=O) groups is 1. The van der Waals surface area contributed by atoms with Crippen LogP contribution in [0.2, 0.25) is 0 Å². The number of hydrogen-bond acceptors (Lipinski definition) is 1. The molecule has 0 aromatic rings. The second-order valence-electron chi connectivity index (χ2n) is 3.76. The van der Waals surface area contributed by atoms with Crippen molar-refractivity contribution in [3.63, 3.8) is 0 Å². The zero-order valence-electron chi connectivity index (χ0n) is 9.94. The van der Waals surface area contributed by atoms with Gasteiger partial charge in [-0.15, -0.1) is 0 Å². The van der Waals surface area contributed by atoms with Gasteiger partial charge in [0, 0.05) is 13.0 Å². The second-order valence-corrected chi connectivity index (χ2v) is 3.76. The largest absolute Gasteiger partial charge is 0.356 e. The molecule has 0 aliphatic rings. The summed E-state index contributed by atoms with van der Waals surface area (Å²) < 4.78 is 0. The maximum atomic E-state index is 11.3. The second kappa shape index (κ2) is 7.60. The first-order valence-electron chi connectivity index (χ1n) is 5.53. The van der Waals surface area contributed by atoms with Crippen molar-refractivity contribution in [3.8, 4) is 0 Å². The summed E-state index contributed by atoms with van der Waals surface area (Å²) in [5, 5.41) is 2.88. The fraction of sp³-hybridized carbons (Fsp3) is 0.750. The highest BCUT2D eigenvalue weighted by molar-refractivity contribution is 5.76. The summed E-state index contributed by atoms with van der Waals surface area (Å²) in [6, 6.07) is 0. The minimum atomic E-state index is 0.176. The third kappa shape index (κ3) is 5.79. The van der Waals surface area contributed by atoms with E-state index < -0.39 is 0 Å². The van der Waals surface area contributed by atoms with E-state index in [0.29, 0.717) is 6.42 Å². The SMILES string of the molecule is CCCNC(=O)CC/C(C)=C(/C)CC. The smallest absolute Gasteiger partial charge is 0.220 e. The van der Waals surface area contributed by atoms with Gasteiger partial charge in [-0.3, -0.25) is 4.79 Å². The van der Waals surface area contributed by atoms with Gasteiger partial charge in [0.15, 0.2) is 0 Å². The fourth-order valence-corrected chi connectivity index (χ4v) is 1.17. The summed E-state index contributed by atoms with van der Waals surface area (Å²) in [6.07, 6.45) is 3.62. The lowest BCUT2D eigenvalue weighted by molar-refractivity contribution is -0.121. The Morgan fingerprint density at radius 3 is 2.21 bits per heavy atom. The van der Waals surface area contributed by atoms with Crippen molar-refractivity contribution in [2.45, 2.75) is 53.4 Å². The first-order chi connectivity index (χ1) is 6.61. The van der Waals surface area contributed by atoms with Gasteiger partial charge in [-0.25, -0.2) is 0 Å². The van der Waals surface area contributed by atoms with Crippen LogP contribution in [0.5, 0.6) is 0 Å². The molecule has 0 atom stereocenters. The number of nitrogens with one attached hydrogen (secondary N) is 1. The molecule has 0 aliphatic heterocycles. The van der Waals surface area contributed by atoms with Crippen LogP contribution >= 0.6 is 0 Å². The molecule has 82 valence electrons. The number of rotatable bonds is 6. The molecule has 0 saturated carbocycles. The molecule has 0 rings (SSSR count). The Bertz CT molecular complexity index is 206. The van der Waals surface area contributed by atoms with Crippen molar-refractivity contribution in [2.24, 2.45) is 0 Å². The number of amides is 1. The van der Waals surface area contributed by atoms with E-state index in [4.69, 9.17) is 0 Å². The average Bonchev–Trinajstić information content (AvgIpc) is 2.21. The highest BCUT2D eigenvalue weighted by atomic mass is 16.1. The zero-order chi connectivity index (χ0) is 11.0. The predicted molar refractivity (Wildman–Crippen MR) is 61.2 cm³/mol. The van der Waals surface area contributed by atoms with Gasteiger partial charge in [0.05, 0.1) is 0 Å². The molecule has 0 bridgehead atoms. The van der Waals surface area contributed by atoms with Gasteiger partial charge >= 0.3 is 0 Å². The van der Waals surface area contributed by atoms with E-state index in [1.165, 1.54) is 11.1 Å². The molecular weight excluding hydrogens is 174 g/mol. The minimum Gasteiger partial charge on any atom is -0.356 e. The van der Waals surface area contributed by atoms with Crippen LogP contribution < -0.4 is 5.32 Å². The molecule has 1 amide bonds. The highest BCUT2D eigenvalue weighted by Crippen LogP contribution is 2.12. The Kier molecular flexibility index (Phi) is 7.17. The Balaban J connectivity index is 3.77. The van der Waals surface area contributed by atoms with Gasteiger partial charge in [0.2, 0.25) is 5.91 Å². The maximum absolute atomic E-state index is 11.3. The van der Waals surface area contributed by atoms with Crippen LogP contribution in [0.1, 0.15) is 53.4 Å². The minimum absolute atomic E-state index is 0.176. The Hall–Kier alpha value is -0.790. The topological polar surface area (TPSA) is 29.1 Å². The molecule has 2 heteroatoms.